The van der Waals surface area contributed by atoms with E-state index in [0.717, 1.165) is 35.5 Å². The number of para-hydroxylation sites is 2. The zero-order chi connectivity index (χ0) is 22.8. The lowest BCUT2D eigenvalue weighted by Crippen LogP contribution is -2.46. The van der Waals surface area contributed by atoms with Crippen LogP contribution < -0.4 is 14.8 Å². The molecule has 0 aromatic heterocycles. The number of nitrogens with zero attached hydrogens (tertiary/aromatic N) is 1. The van der Waals surface area contributed by atoms with Crippen LogP contribution in [0, 0.1) is 13.8 Å². The second-order valence-electron chi connectivity index (χ2n) is 8.31. The van der Waals surface area contributed by atoms with Crippen molar-refractivity contribution in [3.63, 3.8) is 0 Å². The highest BCUT2D eigenvalue weighted by molar-refractivity contribution is 5.77. The number of hydrogen-bond acceptors (Lipinski definition) is 4. The molecular formula is C26H34N2O4. The highest BCUT2D eigenvalue weighted by Crippen LogP contribution is 2.22. The molecule has 0 atom stereocenters. The van der Waals surface area contributed by atoms with Gasteiger partial charge in [0.15, 0.2) is 0 Å². The predicted octanol–water partition coefficient (Wildman–Crippen LogP) is 4.04. The molecule has 1 aliphatic heterocycles. The summed E-state index contributed by atoms with van der Waals surface area (Å²) in [4.78, 5) is 26.6. The molecule has 0 unspecified atom stereocenters. The summed E-state index contributed by atoms with van der Waals surface area (Å²) in [5.74, 6) is 1.85. The van der Waals surface area contributed by atoms with E-state index in [1.54, 1.807) is 0 Å². The molecule has 172 valence electrons. The van der Waals surface area contributed by atoms with Crippen molar-refractivity contribution in [3.05, 3.63) is 59.7 Å². The Labute approximate surface area is 190 Å². The van der Waals surface area contributed by atoms with Gasteiger partial charge in [0.1, 0.15) is 11.5 Å². The quantitative estimate of drug-likeness (QED) is 0.569. The zero-order valence-electron chi connectivity index (χ0n) is 19.1. The van der Waals surface area contributed by atoms with E-state index in [1.165, 1.54) is 0 Å². The fourth-order valence-electron chi connectivity index (χ4n) is 3.94. The van der Waals surface area contributed by atoms with E-state index in [4.69, 9.17) is 9.47 Å². The Kier molecular flexibility index (Phi) is 8.96. The van der Waals surface area contributed by atoms with Crippen LogP contribution in [0.1, 0.15) is 43.2 Å². The number of amides is 2. The molecule has 0 saturated carbocycles. The van der Waals surface area contributed by atoms with Gasteiger partial charge in [0.2, 0.25) is 11.8 Å². The molecule has 1 aliphatic rings. The summed E-state index contributed by atoms with van der Waals surface area (Å²) < 4.78 is 11.5. The Hall–Kier alpha value is -3.02. The van der Waals surface area contributed by atoms with Gasteiger partial charge in [-0.15, -0.1) is 0 Å². The van der Waals surface area contributed by atoms with E-state index in [0.29, 0.717) is 45.6 Å². The highest BCUT2D eigenvalue weighted by atomic mass is 16.5. The van der Waals surface area contributed by atoms with Crippen molar-refractivity contribution in [1.29, 1.82) is 0 Å². The number of carbonyl (C=O) groups is 2. The maximum atomic E-state index is 12.4. The lowest BCUT2D eigenvalue weighted by molar-refractivity contribution is -0.132. The first-order chi connectivity index (χ1) is 15.5. The highest BCUT2D eigenvalue weighted by Gasteiger charge is 2.23. The fourth-order valence-corrected chi connectivity index (χ4v) is 3.94. The van der Waals surface area contributed by atoms with Crippen LogP contribution in [-0.2, 0) is 9.59 Å². The van der Waals surface area contributed by atoms with E-state index >= 15 is 0 Å². The second kappa shape index (κ2) is 12.1. The Bertz CT molecular complexity index is 856. The Morgan fingerprint density at radius 1 is 0.906 bits per heavy atom. The van der Waals surface area contributed by atoms with Crippen molar-refractivity contribution in [2.75, 3.05) is 26.3 Å². The van der Waals surface area contributed by atoms with Gasteiger partial charge in [0.25, 0.3) is 0 Å². The summed E-state index contributed by atoms with van der Waals surface area (Å²) in [6.45, 7) is 6.31. The van der Waals surface area contributed by atoms with Gasteiger partial charge in [-0.2, -0.15) is 0 Å². The summed E-state index contributed by atoms with van der Waals surface area (Å²) in [6, 6.07) is 15.7. The van der Waals surface area contributed by atoms with Crippen molar-refractivity contribution in [3.8, 4) is 11.5 Å². The van der Waals surface area contributed by atoms with Crippen LogP contribution in [0.3, 0.4) is 0 Å². The van der Waals surface area contributed by atoms with Gasteiger partial charge in [-0.25, -0.2) is 0 Å². The standard InChI is InChI=1S/C26H34N2O4/c1-20-8-6-9-21(2)26(20)32-18-7-12-24(29)27-22-13-16-28(17-14-22)25(30)15-19-31-23-10-4-3-5-11-23/h3-6,8-11,22H,7,12-19H2,1-2H3,(H,27,29). The summed E-state index contributed by atoms with van der Waals surface area (Å²) in [5, 5.41) is 3.11. The minimum absolute atomic E-state index is 0.0520. The zero-order valence-corrected chi connectivity index (χ0v) is 19.1. The maximum Gasteiger partial charge on any atom is 0.225 e. The molecule has 6 heteroatoms. The summed E-state index contributed by atoms with van der Waals surface area (Å²) >= 11 is 0. The van der Waals surface area contributed by atoms with Crippen LogP contribution in [0.4, 0.5) is 0 Å². The Balaban J connectivity index is 1.28. The molecule has 0 aliphatic carbocycles. The number of carbonyl (C=O) groups excluding carboxylic acids is 2. The molecule has 2 aromatic rings. The van der Waals surface area contributed by atoms with E-state index in [9.17, 15) is 9.59 Å². The Morgan fingerprint density at radius 3 is 2.28 bits per heavy atom. The number of rotatable bonds is 10. The summed E-state index contributed by atoms with van der Waals surface area (Å²) in [5.41, 5.74) is 2.23. The fraction of sp³-hybridized carbons (Fsp3) is 0.462. The third-order valence-corrected chi connectivity index (χ3v) is 5.74. The topological polar surface area (TPSA) is 67.9 Å². The summed E-state index contributed by atoms with van der Waals surface area (Å²) in [7, 11) is 0. The first-order valence-corrected chi connectivity index (χ1v) is 11.5. The van der Waals surface area contributed by atoms with E-state index in [1.807, 2.05) is 67.3 Å². The second-order valence-corrected chi connectivity index (χ2v) is 8.31. The molecule has 32 heavy (non-hydrogen) atoms. The molecule has 6 nitrogen and oxygen atoms in total. The van der Waals surface area contributed by atoms with Crippen molar-refractivity contribution in [2.45, 2.75) is 52.0 Å². The number of hydrogen-bond donors (Lipinski definition) is 1. The van der Waals surface area contributed by atoms with Gasteiger partial charge >= 0.3 is 0 Å². The minimum atomic E-state index is 0.0520. The maximum absolute atomic E-state index is 12.4. The van der Waals surface area contributed by atoms with Crippen LogP contribution in [-0.4, -0.2) is 49.1 Å². The van der Waals surface area contributed by atoms with Gasteiger partial charge in [0, 0.05) is 25.6 Å². The first kappa shape index (κ1) is 23.6. The van der Waals surface area contributed by atoms with Crippen molar-refractivity contribution >= 4 is 11.8 Å². The lowest BCUT2D eigenvalue weighted by atomic mass is 10.0. The van der Waals surface area contributed by atoms with Crippen molar-refractivity contribution < 1.29 is 19.1 Å². The van der Waals surface area contributed by atoms with Crippen LogP contribution in [0.25, 0.3) is 0 Å². The number of likely N-dealkylation sites (tertiary alicyclic amines) is 1. The van der Waals surface area contributed by atoms with Gasteiger partial charge in [-0.1, -0.05) is 36.4 Å². The SMILES string of the molecule is Cc1cccc(C)c1OCCCC(=O)NC1CCN(C(=O)CCOc2ccccc2)CC1. The summed E-state index contributed by atoms with van der Waals surface area (Å²) in [6.07, 6.45) is 3.07. The van der Waals surface area contributed by atoms with Gasteiger partial charge in [-0.3, -0.25) is 9.59 Å². The molecule has 3 rings (SSSR count). The Morgan fingerprint density at radius 2 is 1.59 bits per heavy atom. The molecule has 1 saturated heterocycles. The third-order valence-electron chi connectivity index (χ3n) is 5.74. The van der Waals surface area contributed by atoms with Gasteiger partial charge in [-0.05, 0) is 56.4 Å². The molecular weight excluding hydrogens is 404 g/mol. The van der Waals surface area contributed by atoms with Crippen LogP contribution in [0.15, 0.2) is 48.5 Å². The number of nitrogens with one attached hydrogen (secondary N) is 1. The van der Waals surface area contributed by atoms with Crippen molar-refractivity contribution in [1.82, 2.24) is 10.2 Å². The molecule has 0 spiro atoms. The predicted molar refractivity (Wildman–Crippen MR) is 125 cm³/mol. The average molecular weight is 439 g/mol. The molecule has 2 aromatic carbocycles. The molecule has 2 amide bonds. The molecule has 0 bridgehead atoms. The van der Waals surface area contributed by atoms with E-state index in [2.05, 4.69) is 5.32 Å². The molecule has 0 radical (unpaired) electrons. The molecule has 1 fully saturated rings. The number of benzene rings is 2. The minimum Gasteiger partial charge on any atom is -0.493 e. The average Bonchev–Trinajstić information content (AvgIpc) is 2.79. The first-order valence-electron chi connectivity index (χ1n) is 11.5. The molecule has 1 N–H and O–H groups in total. The van der Waals surface area contributed by atoms with E-state index < -0.39 is 0 Å². The number of ether oxygens (including phenoxy) is 2. The van der Waals surface area contributed by atoms with Gasteiger partial charge < -0.3 is 19.7 Å². The third kappa shape index (κ3) is 7.29. The number of piperidine rings is 1. The monoisotopic (exact) mass is 438 g/mol. The van der Waals surface area contributed by atoms with Crippen LogP contribution >= 0.6 is 0 Å². The lowest BCUT2D eigenvalue weighted by Gasteiger charge is -2.32. The molecule has 1 heterocycles. The van der Waals surface area contributed by atoms with Crippen LogP contribution in [0.2, 0.25) is 0 Å². The van der Waals surface area contributed by atoms with Crippen LogP contribution in [0.5, 0.6) is 11.5 Å². The van der Waals surface area contributed by atoms with Crippen molar-refractivity contribution in [2.24, 2.45) is 0 Å². The largest absolute Gasteiger partial charge is 0.493 e. The van der Waals surface area contributed by atoms with Gasteiger partial charge in [0.05, 0.1) is 19.6 Å². The normalized spacial score (nSPS) is 14.1. The smallest absolute Gasteiger partial charge is 0.225 e. The number of aryl methyl sites for hydroxylation is 2. The van der Waals surface area contributed by atoms with E-state index in [-0.39, 0.29) is 17.9 Å².